The summed E-state index contributed by atoms with van der Waals surface area (Å²) in [5.41, 5.74) is 1.08. The van der Waals surface area contributed by atoms with Crippen molar-refractivity contribution in [1.82, 2.24) is 0 Å². The van der Waals surface area contributed by atoms with Gasteiger partial charge in [-0.2, -0.15) is 0 Å². The van der Waals surface area contributed by atoms with Gasteiger partial charge < -0.3 is 9.84 Å². The first-order valence-electron chi connectivity index (χ1n) is 4.08. The van der Waals surface area contributed by atoms with Crippen LogP contribution < -0.4 is 0 Å². The highest BCUT2D eigenvalue weighted by Crippen LogP contribution is 2.31. The summed E-state index contributed by atoms with van der Waals surface area (Å²) in [6.07, 6.45) is -0.728. The van der Waals surface area contributed by atoms with Crippen LogP contribution >= 0.6 is 27.3 Å². The molecule has 1 aromatic rings. The van der Waals surface area contributed by atoms with Crippen molar-refractivity contribution >= 4 is 33.2 Å². The standard InChI is InChI=1S/C9H11BrO3S/c1-5-3-8(14-9(5)10)7(12)4-13-6(2)11/h3,7,12H,4H2,1-2H3. The summed E-state index contributed by atoms with van der Waals surface area (Å²) in [5.74, 6) is -0.378. The van der Waals surface area contributed by atoms with E-state index in [0.29, 0.717) is 0 Å². The van der Waals surface area contributed by atoms with Crippen molar-refractivity contribution in [3.63, 3.8) is 0 Å². The van der Waals surface area contributed by atoms with E-state index in [4.69, 9.17) is 4.74 Å². The zero-order chi connectivity index (χ0) is 10.7. The molecule has 5 heteroatoms. The number of ether oxygens (including phenoxy) is 1. The zero-order valence-corrected chi connectivity index (χ0v) is 10.3. The lowest BCUT2D eigenvalue weighted by Crippen LogP contribution is -2.08. The second-order valence-electron chi connectivity index (χ2n) is 2.92. The summed E-state index contributed by atoms with van der Waals surface area (Å²) in [7, 11) is 0. The molecule has 1 heterocycles. The Morgan fingerprint density at radius 2 is 2.43 bits per heavy atom. The highest BCUT2D eigenvalue weighted by atomic mass is 79.9. The second-order valence-corrected chi connectivity index (χ2v) is 5.33. The van der Waals surface area contributed by atoms with Crippen molar-refractivity contribution in [3.05, 3.63) is 20.3 Å². The van der Waals surface area contributed by atoms with Gasteiger partial charge in [0.15, 0.2) is 0 Å². The first-order valence-corrected chi connectivity index (χ1v) is 5.69. The maximum Gasteiger partial charge on any atom is 0.302 e. The van der Waals surface area contributed by atoms with Crippen molar-refractivity contribution in [2.75, 3.05) is 6.61 Å². The topological polar surface area (TPSA) is 46.5 Å². The van der Waals surface area contributed by atoms with Gasteiger partial charge in [-0.25, -0.2) is 0 Å². The van der Waals surface area contributed by atoms with E-state index < -0.39 is 6.10 Å². The minimum absolute atomic E-state index is 0.0156. The second kappa shape index (κ2) is 4.91. The number of aryl methyl sites for hydroxylation is 1. The average molecular weight is 279 g/mol. The fraction of sp³-hybridized carbons (Fsp3) is 0.444. The van der Waals surface area contributed by atoms with E-state index >= 15 is 0 Å². The van der Waals surface area contributed by atoms with Crippen LogP contribution in [0.4, 0.5) is 0 Å². The summed E-state index contributed by atoms with van der Waals surface area (Å²) in [6, 6.07) is 1.88. The summed E-state index contributed by atoms with van der Waals surface area (Å²) in [5, 5.41) is 9.62. The quantitative estimate of drug-likeness (QED) is 0.864. The van der Waals surface area contributed by atoms with Crippen molar-refractivity contribution in [1.29, 1.82) is 0 Å². The van der Waals surface area contributed by atoms with Crippen LogP contribution in [0.2, 0.25) is 0 Å². The Kier molecular flexibility index (Phi) is 4.10. The number of aliphatic hydroxyl groups is 1. The molecule has 0 aliphatic heterocycles. The smallest absolute Gasteiger partial charge is 0.302 e. The molecule has 3 nitrogen and oxygen atoms in total. The van der Waals surface area contributed by atoms with Crippen molar-refractivity contribution in [2.24, 2.45) is 0 Å². The van der Waals surface area contributed by atoms with E-state index in [-0.39, 0.29) is 12.6 Å². The average Bonchev–Trinajstić information content (AvgIpc) is 2.43. The Morgan fingerprint density at radius 1 is 1.79 bits per heavy atom. The molecule has 0 aliphatic rings. The molecule has 1 rings (SSSR count). The molecular weight excluding hydrogens is 268 g/mol. The molecular formula is C9H11BrO3S. The van der Waals surface area contributed by atoms with Crippen LogP contribution in [-0.4, -0.2) is 17.7 Å². The summed E-state index contributed by atoms with van der Waals surface area (Å²) < 4.78 is 5.70. The van der Waals surface area contributed by atoms with Crippen LogP contribution in [0.1, 0.15) is 23.5 Å². The van der Waals surface area contributed by atoms with Gasteiger partial charge >= 0.3 is 5.97 Å². The number of aliphatic hydroxyl groups excluding tert-OH is 1. The number of rotatable bonds is 3. The third-order valence-corrected chi connectivity index (χ3v) is 3.89. The van der Waals surface area contributed by atoms with E-state index in [2.05, 4.69) is 15.9 Å². The van der Waals surface area contributed by atoms with Gasteiger partial charge in [0.2, 0.25) is 0 Å². The third-order valence-electron chi connectivity index (χ3n) is 1.65. The molecule has 0 fully saturated rings. The molecule has 0 bridgehead atoms. The lowest BCUT2D eigenvalue weighted by atomic mass is 10.2. The van der Waals surface area contributed by atoms with Gasteiger partial charge in [0, 0.05) is 11.8 Å². The lowest BCUT2D eigenvalue weighted by molar-refractivity contribution is -0.143. The van der Waals surface area contributed by atoms with Crippen LogP contribution in [0.15, 0.2) is 9.85 Å². The number of hydrogen-bond acceptors (Lipinski definition) is 4. The van der Waals surface area contributed by atoms with Crippen LogP contribution in [0, 0.1) is 6.92 Å². The van der Waals surface area contributed by atoms with Crippen molar-refractivity contribution in [2.45, 2.75) is 20.0 Å². The molecule has 1 unspecified atom stereocenters. The highest BCUT2D eigenvalue weighted by Gasteiger charge is 2.13. The van der Waals surface area contributed by atoms with Gasteiger partial charge in [-0.15, -0.1) is 11.3 Å². The molecule has 0 spiro atoms. The first kappa shape index (κ1) is 11.7. The number of carbonyl (C=O) groups is 1. The van der Waals surface area contributed by atoms with Crippen LogP contribution in [0.5, 0.6) is 0 Å². The lowest BCUT2D eigenvalue weighted by Gasteiger charge is -2.07. The third kappa shape index (κ3) is 3.08. The predicted octanol–water partition coefficient (Wildman–Crippen LogP) is 2.42. The van der Waals surface area contributed by atoms with Crippen molar-refractivity contribution < 1.29 is 14.6 Å². The fourth-order valence-corrected chi connectivity index (χ4v) is 2.47. The minimum atomic E-state index is -0.728. The molecule has 0 saturated heterocycles. The van der Waals surface area contributed by atoms with E-state index in [1.54, 1.807) is 0 Å². The van der Waals surface area contributed by atoms with E-state index in [1.165, 1.54) is 18.3 Å². The molecule has 14 heavy (non-hydrogen) atoms. The minimum Gasteiger partial charge on any atom is -0.463 e. The monoisotopic (exact) mass is 278 g/mol. The molecule has 1 N–H and O–H groups in total. The molecule has 1 aromatic heterocycles. The molecule has 1 atom stereocenters. The molecule has 78 valence electrons. The Morgan fingerprint density at radius 3 is 2.86 bits per heavy atom. The largest absolute Gasteiger partial charge is 0.463 e. The summed E-state index contributed by atoms with van der Waals surface area (Å²) in [6.45, 7) is 3.28. The van der Waals surface area contributed by atoms with Crippen molar-refractivity contribution in [3.8, 4) is 0 Å². The van der Waals surface area contributed by atoms with Gasteiger partial charge in [0.05, 0.1) is 3.79 Å². The molecule has 0 amide bonds. The number of carbonyl (C=O) groups excluding carboxylic acids is 1. The van der Waals surface area contributed by atoms with Gasteiger partial charge in [-0.1, -0.05) is 0 Å². The van der Waals surface area contributed by atoms with Gasteiger partial charge in [0.1, 0.15) is 12.7 Å². The molecule has 0 aromatic carbocycles. The van der Waals surface area contributed by atoms with Gasteiger partial charge in [0.25, 0.3) is 0 Å². The summed E-state index contributed by atoms with van der Waals surface area (Å²) >= 11 is 4.81. The van der Waals surface area contributed by atoms with E-state index in [1.807, 2.05) is 13.0 Å². The number of esters is 1. The summed E-state index contributed by atoms with van der Waals surface area (Å²) in [4.78, 5) is 11.3. The Balaban J connectivity index is 2.60. The maximum absolute atomic E-state index is 10.5. The SMILES string of the molecule is CC(=O)OCC(O)c1cc(C)c(Br)s1. The molecule has 0 radical (unpaired) electrons. The van der Waals surface area contributed by atoms with Gasteiger partial charge in [-0.05, 0) is 34.5 Å². The predicted molar refractivity (Wildman–Crippen MR) is 58.3 cm³/mol. The molecule has 0 aliphatic carbocycles. The number of thiophene rings is 1. The Bertz CT molecular complexity index is 315. The number of halogens is 1. The van der Waals surface area contributed by atoms with Crippen LogP contribution in [-0.2, 0) is 9.53 Å². The zero-order valence-electron chi connectivity index (χ0n) is 7.91. The maximum atomic E-state index is 10.5. The van der Waals surface area contributed by atoms with E-state index in [0.717, 1.165) is 14.2 Å². The Hall–Kier alpha value is -0.390. The fourth-order valence-electron chi connectivity index (χ4n) is 0.926. The van der Waals surface area contributed by atoms with E-state index in [9.17, 15) is 9.90 Å². The normalized spacial score (nSPS) is 12.6. The highest BCUT2D eigenvalue weighted by molar-refractivity contribution is 9.11. The number of hydrogen-bond donors (Lipinski definition) is 1. The van der Waals surface area contributed by atoms with Crippen LogP contribution in [0.3, 0.4) is 0 Å². The molecule has 0 saturated carbocycles. The Labute approximate surface area is 94.8 Å². The van der Waals surface area contributed by atoms with Gasteiger partial charge in [-0.3, -0.25) is 4.79 Å². The van der Waals surface area contributed by atoms with Crippen LogP contribution in [0.25, 0.3) is 0 Å². The first-order chi connectivity index (χ1) is 6.50.